The Morgan fingerprint density at radius 3 is 1.61 bits per heavy atom. The molecule has 318 valence electrons. The Morgan fingerprint density at radius 1 is 0.478 bits per heavy atom. The summed E-state index contributed by atoms with van der Waals surface area (Å²) in [5.74, 6) is 0.320. The van der Waals surface area contributed by atoms with E-state index in [1.165, 1.54) is 0 Å². The number of rotatable bonds is 8. The molecule has 0 radical (unpaired) electrons. The molecule has 3 aromatic heterocycles. The lowest BCUT2D eigenvalue weighted by Gasteiger charge is -2.11. The SMILES string of the molecule is O=C(NC1=NC(=Cc2[nH]c(NC(=O)c3cccc4ccccc34)c(-c3nc4ccccc4s3)c2-c2ccccc2)C(c2ccccc2)=C1c1nc2ccccc2s1)c1cccc2ccccc12. The molecule has 1 aliphatic heterocycles. The molecule has 0 aliphatic carbocycles. The van der Waals surface area contributed by atoms with E-state index in [-0.39, 0.29) is 11.8 Å². The number of allylic oxidation sites excluding steroid dienone is 1. The number of fused-ring (bicyclic) bond motifs is 4. The zero-order valence-corrected chi connectivity index (χ0v) is 37.2. The first kappa shape index (κ1) is 40.0. The third kappa shape index (κ3) is 7.30. The van der Waals surface area contributed by atoms with Gasteiger partial charge in [0.05, 0.1) is 43.0 Å². The van der Waals surface area contributed by atoms with Crippen LogP contribution in [0, 0.1) is 0 Å². The normalized spacial score (nSPS) is 13.3. The van der Waals surface area contributed by atoms with Crippen LogP contribution in [0.4, 0.5) is 5.82 Å². The van der Waals surface area contributed by atoms with E-state index in [1.54, 1.807) is 22.7 Å². The molecule has 3 N–H and O–H groups in total. The Bertz CT molecular complexity index is 3790. The predicted molar refractivity (Wildman–Crippen MR) is 276 cm³/mol. The Labute approximate surface area is 392 Å². The van der Waals surface area contributed by atoms with E-state index in [2.05, 4.69) is 52.0 Å². The maximum Gasteiger partial charge on any atom is 0.257 e. The molecule has 0 spiro atoms. The van der Waals surface area contributed by atoms with Gasteiger partial charge in [-0.1, -0.05) is 158 Å². The maximum absolute atomic E-state index is 14.6. The van der Waals surface area contributed by atoms with E-state index < -0.39 is 0 Å². The van der Waals surface area contributed by atoms with Crippen LogP contribution >= 0.6 is 22.7 Å². The second-order valence-electron chi connectivity index (χ2n) is 16.1. The van der Waals surface area contributed by atoms with Gasteiger partial charge in [0.15, 0.2) is 0 Å². The fourth-order valence-corrected chi connectivity index (χ4v) is 11.0. The summed E-state index contributed by atoms with van der Waals surface area (Å²) in [7, 11) is 0. The van der Waals surface area contributed by atoms with Crippen LogP contribution in [0.15, 0.2) is 205 Å². The number of carbonyl (C=O) groups excluding carboxylic acids is 2. The molecule has 0 atom stereocenters. The molecule has 0 saturated heterocycles. The Hall–Kier alpha value is -8.57. The molecule has 12 rings (SSSR count). The van der Waals surface area contributed by atoms with Crippen LogP contribution in [-0.4, -0.2) is 32.6 Å². The molecule has 0 bridgehead atoms. The summed E-state index contributed by atoms with van der Waals surface area (Å²) < 4.78 is 2.03. The Kier molecular flexibility index (Phi) is 10.0. The monoisotopic (exact) mass is 900 g/mol. The topological polar surface area (TPSA) is 112 Å². The van der Waals surface area contributed by atoms with E-state index in [1.807, 2.05) is 164 Å². The molecule has 0 unspecified atom stereocenters. The van der Waals surface area contributed by atoms with Gasteiger partial charge in [-0.3, -0.25) is 9.59 Å². The van der Waals surface area contributed by atoms with Crippen LogP contribution in [0.5, 0.6) is 0 Å². The summed E-state index contributed by atoms with van der Waals surface area (Å²) in [5, 5.41) is 11.6. The highest BCUT2D eigenvalue weighted by Gasteiger charge is 2.32. The van der Waals surface area contributed by atoms with E-state index in [0.29, 0.717) is 44.8 Å². The number of carbonyl (C=O) groups is 2. The van der Waals surface area contributed by atoms with Crippen molar-refractivity contribution in [1.29, 1.82) is 0 Å². The number of hydrogen-bond acceptors (Lipinski definition) is 7. The van der Waals surface area contributed by atoms with Crippen molar-refractivity contribution in [3.05, 3.63) is 227 Å². The average Bonchev–Trinajstić information content (AvgIpc) is 4.17. The van der Waals surface area contributed by atoms with Gasteiger partial charge in [0.2, 0.25) is 0 Å². The van der Waals surface area contributed by atoms with E-state index >= 15 is 0 Å². The van der Waals surface area contributed by atoms with Gasteiger partial charge in [0.25, 0.3) is 11.8 Å². The van der Waals surface area contributed by atoms with Crippen molar-refractivity contribution < 1.29 is 9.59 Å². The lowest BCUT2D eigenvalue weighted by Crippen LogP contribution is -2.30. The molecular weight excluding hydrogens is 865 g/mol. The van der Waals surface area contributed by atoms with Crippen molar-refractivity contribution in [2.24, 2.45) is 4.99 Å². The smallest absolute Gasteiger partial charge is 0.257 e. The van der Waals surface area contributed by atoms with Crippen LogP contribution in [0.1, 0.15) is 37.0 Å². The van der Waals surface area contributed by atoms with Gasteiger partial charge in [0.1, 0.15) is 21.7 Å². The summed E-state index contributed by atoms with van der Waals surface area (Å²) in [6.07, 6.45) is 2.01. The number of para-hydroxylation sites is 2. The van der Waals surface area contributed by atoms with Gasteiger partial charge in [-0.15, -0.1) is 22.7 Å². The number of amides is 2. The van der Waals surface area contributed by atoms with Crippen molar-refractivity contribution in [3.8, 4) is 21.7 Å². The molecule has 8 aromatic carbocycles. The number of thiazole rings is 2. The number of aliphatic imine (C=N–C) groups is 1. The summed E-state index contributed by atoms with van der Waals surface area (Å²) in [4.78, 5) is 48.6. The number of nitrogens with zero attached hydrogens (tertiary/aromatic N) is 3. The number of amidine groups is 1. The number of aromatic amines is 1. The van der Waals surface area contributed by atoms with Crippen molar-refractivity contribution in [2.75, 3.05) is 5.32 Å². The van der Waals surface area contributed by atoms with Crippen LogP contribution in [0.25, 0.3) is 80.9 Å². The highest BCUT2D eigenvalue weighted by molar-refractivity contribution is 7.21. The van der Waals surface area contributed by atoms with Gasteiger partial charge in [0, 0.05) is 22.3 Å². The van der Waals surface area contributed by atoms with Crippen molar-refractivity contribution >= 4 is 105 Å². The summed E-state index contributed by atoms with van der Waals surface area (Å²) >= 11 is 3.11. The highest BCUT2D eigenvalue weighted by atomic mass is 32.1. The summed E-state index contributed by atoms with van der Waals surface area (Å²) in [6.45, 7) is 0. The number of H-pyrrole nitrogens is 1. The lowest BCUT2D eigenvalue weighted by atomic mass is 9.96. The Morgan fingerprint density at radius 2 is 0.985 bits per heavy atom. The highest BCUT2D eigenvalue weighted by Crippen LogP contribution is 2.47. The Balaban J connectivity index is 1.10. The molecule has 67 heavy (non-hydrogen) atoms. The molecule has 2 amide bonds. The van der Waals surface area contributed by atoms with E-state index in [0.717, 1.165) is 74.8 Å². The second kappa shape index (κ2) is 16.8. The largest absolute Gasteiger partial charge is 0.341 e. The molecule has 11 aromatic rings. The fraction of sp³-hybridized carbons (Fsp3) is 0. The molecule has 10 heteroatoms. The van der Waals surface area contributed by atoms with E-state index in [4.69, 9.17) is 15.0 Å². The minimum Gasteiger partial charge on any atom is -0.341 e. The van der Waals surface area contributed by atoms with Gasteiger partial charge < -0.3 is 15.6 Å². The first-order valence-corrected chi connectivity index (χ1v) is 23.4. The first-order chi connectivity index (χ1) is 33.0. The van der Waals surface area contributed by atoms with Gasteiger partial charge in [-0.2, -0.15) is 0 Å². The standard InChI is InChI=1S/C57H36N6O2S2/c64-54(40-27-15-23-34-17-7-9-25-38(34)40)62-52-50(56-60-42-29-11-13-31-46(42)66-56)48(36-19-3-1-4-20-36)44(58-52)33-45-49(37-21-5-2-6-22-37)51(57-61-43-30-12-14-32-47(43)67-57)53(59-45)63-55(65)41-28-16-24-35-18-8-10-26-39(35)41/h1-33,58H,(H,62,64)(H,59,63,65). The van der Waals surface area contributed by atoms with Gasteiger partial charge >= 0.3 is 0 Å². The summed E-state index contributed by atoms with van der Waals surface area (Å²) in [6, 6.07) is 63.5. The number of anilines is 1. The minimum absolute atomic E-state index is 0.264. The first-order valence-electron chi connectivity index (χ1n) is 21.8. The van der Waals surface area contributed by atoms with Gasteiger partial charge in [-0.25, -0.2) is 15.0 Å². The minimum atomic E-state index is -0.288. The van der Waals surface area contributed by atoms with Crippen LogP contribution < -0.4 is 10.6 Å². The second-order valence-corrected chi connectivity index (χ2v) is 18.1. The van der Waals surface area contributed by atoms with Gasteiger partial charge in [-0.05, 0) is 75.1 Å². The number of hydrogen-bond donors (Lipinski definition) is 3. The predicted octanol–water partition coefficient (Wildman–Crippen LogP) is 13.9. The summed E-state index contributed by atoms with van der Waals surface area (Å²) in [5.41, 5.74) is 8.95. The fourth-order valence-electron chi connectivity index (χ4n) is 8.92. The maximum atomic E-state index is 14.6. The number of benzene rings is 8. The van der Waals surface area contributed by atoms with E-state index in [9.17, 15) is 9.59 Å². The third-order valence-electron chi connectivity index (χ3n) is 12.0. The molecule has 0 fully saturated rings. The van der Waals surface area contributed by atoms with Crippen molar-refractivity contribution in [2.45, 2.75) is 0 Å². The van der Waals surface area contributed by atoms with Crippen molar-refractivity contribution in [3.63, 3.8) is 0 Å². The molecule has 0 saturated carbocycles. The third-order valence-corrected chi connectivity index (χ3v) is 14.1. The number of aromatic nitrogens is 3. The zero-order valence-electron chi connectivity index (χ0n) is 35.5. The number of nitrogens with one attached hydrogen (secondary N) is 3. The van der Waals surface area contributed by atoms with Crippen LogP contribution in [-0.2, 0) is 0 Å². The van der Waals surface area contributed by atoms with Crippen LogP contribution in [0.3, 0.4) is 0 Å². The molecule has 4 heterocycles. The lowest BCUT2D eigenvalue weighted by molar-refractivity contribution is 0.0977. The van der Waals surface area contributed by atoms with Crippen LogP contribution in [0.2, 0.25) is 0 Å². The zero-order chi connectivity index (χ0) is 44.8. The molecule has 1 aliphatic rings. The molecule has 8 nitrogen and oxygen atoms in total. The molecular formula is C57H36N6O2S2. The van der Waals surface area contributed by atoms with Crippen molar-refractivity contribution in [1.82, 2.24) is 20.3 Å². The quantitative estimate of drug-likeness (QED) is 0.141. The average molecular weight is 901 g/mol.